The quantitative estimate of drug-likeness (QED) is 0.677. The highest BCUT2D eigenvalue weighted by atomic mass is 16.6. The molecule has 3 nitrogen and oxygen atoms in total. The van der Waals surface area contributed by atoms with Crippen molar-refractivity contribution in [3.8, 4) is 0 Å². The number of allylic oxidation sites excluding steroid dienone is 1. The molecular formula is C16H33NO2. The van der Waals surface area contributed by atoms with E-state index in [2.05, 4.69) is 19.2 Å². The van der Waals surface area contributed by atoms with Gasteiger partial charge in [-0.2, -0.15) is 0 Å². The molecule has 0 radical (unpaired) electrons. The van der Waals surface area contributed by atoms with Crippen LogP contribution in [0.2, 0.25) is 0 Å². The summed E-state index contributed by atoms with van der Waals surface area (Å²) in [6.45, 7) is 17.8. The van der Waals surface area contributed by atoms with Crippen molar-refractivity contribution in [1.82, 2.24) is 5.32 Å². The first kappa shape index (κ1) is 20.3. The van der Waals surface area contributed by atoms with E-state index < -0.39 is 5.60 Å². The molecule has 19 heavy (non-hydrogen) atoms. The maximum atomic E-state index is 11.5. The van der Waals surface area contributed by atoms with Gasteiger partial charge in [-0.15, -0.1) is 0 Å². The summed E-state index contributed by atoms with van der Waals surface area (Å²) in [6, 6.07) is 0.167. The fourth-order valence-corrected chi connectivity index (χ4v) is 1.70. The van der Waals surface area contributed by atoms with Crippen LogP contribution in [0.5, 0.6) is 0 Å². The lowest BCUT2D eigenvalue weighted by atomic mass is 10.1. The van der Waals surface area contributed by atoms with Gasteiger partial charge >= 0.3 is 6.09 Å². The number of hydrogen-bond donors (Lipinski definition) is 1. The molecule has 1 amide bonds. The van der Waals surface area contributed by atoms with Crippen molar-refractivity contribution >= 4 is 6.09 Å². The Morgan fingerprint density at radius 3 is 1.95 bits per heavy atom. The largest absolute Gasteiger partial charge is 0.444 e. The first-order chi connectivity index (χ1) is 8.79. The second-order valence-corrected chi connectivity index (χ2v) is 5.20. The Morgan fingerprint density at radius 2 is 1.63 bits per heavy atom. The molecule has 0 heterocycles. The third-order valence-electron chi connectivity index (χ3n) is 2.69. The Morgan fingerprint density at radius 1 is 1.16 bits per heavy atom. The molecule has 0 spiro atoms. The molecular weight excluding hydrogens is 238 g/mol. The molecule has 1 unspecified atom stereocenters. The van der Waals surface area contributed by atoms with E-state index in [0.29, 0.717) is 0 Å². The summed E-state index contributed by atoms with van der Waals surface area (Å²) >= 11 is 0. The number of carbonyl (C=O) groups is 1. The van der Waals surface area contributed by atoms with E-state index in [9.17, 15) is 4.79 Å². The molecule has 0 fully saturated rings. The minimum Gasteiger partial charge on any atom is -0.444 e. The number of nitrogens with one attached hydrogen (secondary N) is 1. The first-order valence-electron chi connectivity index (χ1n) is 7.45. The maximum absolute atomic E-state index is 11.5. The average molecular weight is 271 g/mol. The summed E-state index contributed by atoms with van der Waals surface area (Å²) in [5, 5.41) is 2.90. The van der Waals surface area contributed by atoms with Gasteiger partial charge in [-0.05, 0) is 47.5 Å². The van der Waals surface area contributed by atoms with Crippen LogP contribution in [0.4, 0.5) is 4.79 Å². The molecule has 1 aliphatic carbocycles. The molecule has 1 N–H and O–H groups in total. The molecule has 0 saturated carbocycles. The summed E-state index contributed by atoms with van der Waals surface area (Å²) < 4.78 is 5.21. The van der Waals surface area contributed by atoms with Crippen LogP contribution < -0.4 is 5.32 Å². The van der Waals surface area contributed by atoms with Crippen molar-refractivity contribution in [3.05, 3.63) is 11.1 Å². The third kappa shape index (κ3) is 8.68. The molecule has 0 saturated heterocycles. The summed E-state index contributed by atoms with van der Waals surface area (Å²) in [4.78, 5) is 11.5. The second kappa shape index (κ2) is 9.88. The SMILES string of the molecule is CC.CC.CC1=C(C)C(NC(=O)OC(C)(C)C)CC1. The van der Waals surface area contributed by atoms with E-state index in [4.69, 9.17) is 4.74 Å². The number of carbonyl (C=O) groups excluding carboxylic acids is 1. The minimum atomic E-state index is -0.421. The van der Waals surface area contributed by atoms with Crippen molar-refractivity contribution in [2.45, 2.75) is 86.8 Å². The zero-order valence-electron chi connectivity index (χ0n) is 14.3. The van der Waals surface area contributed by atoms with E-state index in [1.807, 2.05) is 48.5 Å². The monoisotopic (exact) mass is 271 g/mol. The average Bonchev–Trinajstić information content (AvgIpc) is 2.64. The Hall–Kier alpha value is -0.990. The van der Waals surface area contributed by atoms with E-state index in [1.54, 1.807) is 0 Å². The summed E-state index contributed by atoms with van der Waals surface area (Å²) in [7, 11) is 0. The van der Waals surface area contributed by atoms with E-state index in [0.717, 1.165) is 12.8 Å². The lowest BCUT2D eigenvalue weighted by molar-refractivity contribution is 0.0512. The number of hydrogen-bond acceptors (Lipinski definition) is 2. The van der Waals surface area contributed by atoms with Gasteiger partial charge in [-0.1, -0.05) is 38.8 Å². The summed E-state index contributed by atoms with van der Waals surface area (Å²) in [6.07, 6.45) is 1.75. The minimum absolute atomic E-state index is 0.167. The molecule has 0 aromatic heterocycles. The number of ether oxygens (including phenoxy) is 1. The van der Waals surface area contributed by atoms with Crippen LogP contribution >= 0.6 is 0 Å². The number of alkyl carbamates (subject to hydrolysis) is 1. The number of rotatable bonds is 1. The fraction of sp³-hybridized carbons (Fsp3) is 0.812. The molecule has 0 aromatic rings. The van der Waals surface area contributed by atoms with E-state index in [1.165, 1.54) is 11.1 Å². The second-order valence-electron chi connectivity index (χ2n) is 5.20. The van der Waals surface area contributed by atoms with Gasteiger partial charge in [0, 0.05) is 0 Å². The zero-order valence-corrected chi connectivity index (χ0v) is 14.3. The van der Waals surface area contributed by atoms with Crippen LogP contribution in [0.3, 0.4) is 0 Å². The molecule has 1 atom stereocenters. The van der Waals surface area contributed by atoms with Crippen LogP contribution in [0.25, 0.3) is 0 Å². The highest BCUT2D eigenvalue weighted by Gasteiger charge is 2.24. The highest BCUT2D eigenvalue weighted by Crippen LogP contribution is 2.25. The van der Waals surface area contributed by atoms with Gasteiger partial charge in [0.05, 0.1) is 6.04 Å². The molecule has 114 valence electrons. The first-order valence-corrected chi connectivity index (χ1v) is 7.45. The van der Waals surface area contributed by atoms with Crippen molar-refractivity contribution in [2.75, 3.05) is 0 Å². The Labute approximate surface area is 119 Å². The van der Waals surface area contributed by atoms with Crippen LogP contribution in [-0.4, -0.2) is 17.7 Å². The van der Waals surface area contributed by atoms with Crippen LogP contribution in [-0.2, 0) is 4.74 Å². The van der Waals surface area contributed by atoms with Gasteiger partial charge in [-0.3, -0.25) is 0 Å². The van der Waals surface area contributed by atoms with Gasteiger partial charge in [0.1, 0.15) is 5.60 Å². The van der Waals surface area contributed by atoms with Gasteiger partial charge in [-0.25, -0.2) is 4.79 Å². The van der Waals surface area contributed by atoms with Gasteiger partial charge in [0.2, 0.25) is 0 Å². The normalized spacial score (nSPS) is 17.8. The lowest BCUT2D eigenvalue weighted by Gasteiger charge is -2.22. The standard InChI is InChI=1S/C12H21NO2.2C2H6/c1-8-6-7-10(9(8)2)13-11(14)15-12(3,4)5;2*1-2/h10H,6-7H2,1-5H3,(H,13,14);2*1-2H3. The van der Waals surface area contributed by atoms with Crippen LogP contribution in [0.15, 0.2) is 11.1 Å². The molecule has 0 bridgehead atoms. The summed E-state index contributed by atoms with van der Waals surface area (Å²) in [5.74, 6) is 0. The van der Waals surface area contributed by atoms with E-state index >= 15 is 0 Å². The van der Waals surface area contributed by atoms with Gasteiger partial charge in [0.15, 0.2) is 0 Å². The highest BCUT2D eigenvalue weighted by molar-refractivity contribution is 5.68. The molecule has 3 heteroatoms. The molecule has 0 aromatic carbocycles. The van der Waals surface area contributed by atoms with Crippen LogP contribution in [0, 0.1) is 0 Å². The predicted octanol–water partition coefficient (Wildman–Crippen LogP) is 5.06. The van der Waals surface area contributed by atoms with Gasteiger partial charge in [0.25, 0.3) is 0 Å². The van der Waals surface area contributed by atoms with Crippen molar-refractivity contribution in [3.63, 3.8) is 0 Å². The van der Waals surface area contributed by atoms with Crippen molar-refractivity contribution < 1.29 is 9.53 Å². The zero-order chi connectivity index (χ0) is 15.6. The predicted molar refractivity (Wildman–Crippen MR) is 83.5 cm³/mol. The summed E-state index contributed by atoms with van der Waals surface area (Å²) in [5.41, 5.74) is 2.24. The number of amides is 1. The van der Waals surface area contributed by atoms with Crippen molar-refractivity contribution in [1.29, 1.82) is 0 Å². The Bertz CT molecular complexity index is 288. The lowest BCUT2D eigenvalue weighted by Crippen LogP contribution is -2.38. The topological polar surface area (TPSA) is 38.3 Å². The van der Waals surface area contributed by atoms with E-state index in [-0.39, 0.29) is 12.1 Å². The Kier molecular flexibility index (Phi) is 10.6. The smallest absolute Gasteiger partial charge is 0.408 e. The van der Waals surface area contributed by atoms with Crippen LogP contribution in [0.1, 0.15) is 75.2 Å². The maximum Gasteiger partial charge on any atom is 0.408 e. The Balaban J connectivity index is 0. The third-order valence-corrected chi connectivity index (χ3v) is 2.69. The molecule has 1 aliphatic rings. The molecule has 1 rings (SSSR count). The van der Waals surface area contributed by atoms with Crippen molar-refractivity contribution in [2.24, 2.45) is 0 Å². The van der Waals surface area contributed by atoms with Gasteiger partial charge < -0.3 is 10.1 Å². The fourth-order valence-electron chi connectivity index (χ4n) is 1.70. The molecule has 0 aliphatic heterocycles.